The van der Waals surface area contributed by atoms with E-state index < -0.39 is 0 Å². The fourth-order valence-electron chi connectivity index (χ4n) is 3.02. The van der Waals surface area contributed by atoms with E-state index >= 15 is 0 Å². The molecule has 0 amide bonds. The van der Waals surface area contributed by atoms with E-state index in [-0.39, 0.29) is 0 Å². The molecule has 0 unspecified atom stereocenters. The van der Waals surface area contributed by atoms with Crippen molar-refractivity contribution in [3.05, 3.63) is 71.0 Å². The molecule has 0 aliphatic rings. The third-order valence-electron chi connectivity index (χ3n) is 4.04. The first-order valence-corrected chi connectivity index (χ1v) is 7.34. The number of aromatic amines is 2. The second kappa shape index (κ2) is 4.52. The monoisotopic (exact) mass is 274 g/mol. The molecule has 4 aromatic rings. The molecule has 2 N–H and O–H groups in total. The summed E-state index contributed by atoms with van der Waals surface area (Å²) in [6.45, 7) is 4.26. The van der Waals surface area contributed by atoms with Crippen LogP contribution in [0.2, 0.25) is 0 Å². The fraction of sp³-hybridized carbons (Fsp3) is 0.158. The summed E-state index contributed by atoms with van der Waals surface area (Å²) in [6, 6.07) is 17.6. The Balaban J connectivity index is 1.71. The molecular formula is C19H18N2. The van der Waals surface area contributed by atoms with Crippen LogP contribution in [0.1, 0.15) is 22.5 Å². The van der Waals surface area contributed by atoms with Gasteiger partial charge in [0.05, 0.1) is 0 Å². The molecule has 21 heavy (non-hydrogen) atoms. The molecule has 0 aliphatic heterocycles. The predicted molar refractivity (Wildman–Crippen MR) is 88.9 cm³/mol. The lowest BCUT2D eigenvalue weighted by atomic mass is 10.1. The van der Waals surface area contributed by atoms with E-state index in [1.807, 2.05) is 0 Å². The molecule has 2 heteroatoms. The Morgan fingerprint density at radius 3 is 1.62 bits per heavy atom. The molecule has 2 heterocycles. The highest BCUT2D eigenvalue weighted by Crippen LogP contribution is 2.21. The number of benzene rings is 2. The van der Waals surface area contributed by atoms with Gasteiger partial charge in [0.15, 0.2) is 0 Å². The Labute approximate surface area is 123 Å². The summed E-state index contributed by atoms with van der Waals surface area (Å²) in [7, 11) is 0. The number of hydrogen-bond acceptors (Lipinski definition) is 0. The highest BCUT2D eigenvalue weighted by atomic mass is 14.7. The van der Waals surface area contributed by atoms with E-state index in [1.165, 1.54) is 44.3 Å². The fourth-order valence-corrected chi connectivity index (χ4v) is 3.02. The van der Waals surface area contributed by atoms with Crippen LogP contribution in [0.4, 0.5) is 0 Å². The van der Waals surface area contributed by atoms with Gasteiger partial charge in [-0.25, -0.2) is 0 Å². The molecule has 104 valence electrons. The van der Waals surface area contributed by atoms with Gasteiger partial charge in [0.25, 0.3) is 0 Å². The third-order valence-corrected chi connectivity index (χ3v) is 4.04. The maximum atomic E-state index is 3.51. The van der Waals surface area contributed by atoms with E-state index in [4.69, 9.17) is 0 Å². The summed E-state index contributed by atoms with van der Waals surface area (Å²) in [4.78, 5) is 7.01. The minimum absolute atomic E-state index is 0.904. The smallest absolute Gasteiger partial charge is 0.0456 e. The summed E-state index contributed by atoms with van der Waals surface area (Å²) in [5.74, 6) is 0. The van der Waals surface area contributed by atoms with Gasteiger partial charge in [0, 0.05) is 28.8 Å². The summed E-state index contributed by atoms with van der Waals surface area (Å²) in [6.07, 6.45) is 0.904. The molecule has 0 saturated heterocycles. The zero-order valence-electron chi connectivity index (χ0n) is 12.3. The lowest BCUT2D eigenvalue weighted by molar-refractivity contribution is 1.07. The Kier molecular flexibility index (Phi) is 2.64. The zero-order valence-corrected chi connectivity index (χ0v) is 12.3. The lowest BCUT2D eigenvalue weighted by Gasteiger charge is -1.94. The minimum Gasteiger partial charge on any atom is -0.358 e. The molecule has 0 aliphatic carbocycles. The first-order valence-electron chi connectivity index (χ1n) is 7.34. The molecule has 2 nitrogen and oxygen atoms in total. The van der Waals surface area contributed by atoms with Crippen LogP contribution in [-0.4, -0.2) is 9.97 Å². The van der Waals surface area contributed by atoms with Crippen molar-refractivity contribution in [1.82, 2.24) is 9.97 Å². The Morgan fingerprint density at radius 2 is 1.14 bits per heavy atom. The Morgan fingerprint density at radius 1 is 0.667 bits per heavy atom. The average molecular weight is 274 g/mol. The third kappa shape index (κ3) is 2.23. The van der Waals surface area contributed by atoms with Crippen molar-refractivity contribution < 1.29 is 0 Å². The van der Waals surface area contributed by atoms with Crippen LogP contribution in [0, 0.1) is 13.8 Å². The van der Waals surface area contributed by atoms with Crippen molar-refractivity contribution in [3.63, 3.8) is 0 Å². The molecule has 0 saturated carbocycles. The highest BCUT2D eigenvalue weighted by molar-refractivity contribution is 5.82. The zero-order chi connectivity index (χ0) is 14.4. The van der Waals surface area contributed by atoms with Crippen molar-refractivity contribution in [2.75, 3.05) is 0 Å². The largest absolute Gasteiger partial charge is 0.358 e. The molecule has 0 radical (unpaired) electrons. The van der Waals surface area contributed by atoms with Crippen molar-refractivity contribution in [1.29, 1.82) is 0 Å². The SMILES string of the molecule is Cc1ccc2[nH]c(Cc3cc4cc(C)ccc4[nH]3)cc2c1. The van der Waals surface area contributed by atoms with Gasteiger partial charge >= 0.3 is 0 Å². The summed E-state index contributed by atoms with van der Waals surface area (Å²) >= 11 is 0. The van der Waals surface area contributed by atoms with Crippen LogP contribution in [0.15, 0.2) is 48.5 Å². The molecule has 4 rings (SSSR count). The summed E-state index contributed by atoms with van der Waals surface area (Å²) in [5.41, 5.74) is 7.52. The maximum absolute atomic E-state index is 3.51. The number of fused-ring (bicyclic) bond motifs is 2. The summed E-state index contributed by atoms with van der Waals surface area (Å²) in [5, 5.41) is 2.58. The quantitative estimate of drug-likeness (QED) is 0.523. The standard InChI is InChI=1S/C19H18N2/c1-12-3-5-18-14(7-12)9-16(20-18)11-17-10-15-8-13(2)4-6-19(15)21-17/h3-10,20-21H,11H2,1-2H3. The van der Waals surface area contributed by atoms with E-state index in [0.29, 0.717) is 0 Å². The number of aryl methyl sites for hydroxylation is 2. The van der Waals surface area contributed by atoms with Crippen molar-refractivity contribution >= 4 is 21.8 Å². The number of H-pyrrole nitrogens is 2. The summed E-state index contributed by atoms with van der Waals surface area (Å²) < 4.78 is 0. The molecule has 0 bridgehead atoms. The van der Waals surface area contributed by atoms with E-state index in [2.05, 4.69) is 72.3 Å². The van der Waals surface area contributed by atoms with Crippen molar-refractivity contribution in [3.8, 4) is 0 Å². The van der Waals surface area contributed by atoms with Crippen LogP contribution in [0.3, 0.4) is 0 Å². The van der Waals surface area contributed by atoms with Crippen LogP contribution in [-0.2, 0) is 6.42 Å². The lowest BCUT2D eigenvalue weighted by Crippen LogP contribution is -1.87. The van der Waals surface area contributed by atoms with E-state index in [1.54, 1.807) is 0 Å². The first kappa shape index (κ1) is 12.3. The molecule has 0 atom stereocenters. The topological polar surface area (TPSA) is 31.6 Å². The first-order chi connectivity index (χ1) is 10.2. The van der Waals surface area contributed by atoms with Gasteiger partial charge in [0.1, 0.15) is 0 Å². The molecular weight excluding hydrogens is 256 g/mol. The van der Waals surface area contributed by atoms with Gasteiger partial charge < -0.3 is 9.97 Å². The van der Waals surface area contributed by atoms with Crippen LogP contribution < -0.4 is 0 Å². The Bertz CT molecular complexity index is 863. The van der Waals surface area contributed by atoms with Crippen molar-refractivity contribution in [2.24, 2.45) is 0 Å². The molecule has 0 fully saturated rings. The van der Waals surface area contributed by atoms with Crippen LogP contribution in [0.25, 0.3) is 21.8 Å². The van der Waals surface area contributed by atoms with Crippen molar-refractivity contribution in [2.45, 2.75) is 20.3 Å². The van der Waals surface area contributed by atoms with Gasteiger partial charge in [-0.1, -0.05) is 23.3 Å². The number of aromatic nitrogens is 2. The minimum atomic E-state index is 0.904. The van der Waals surface area contributed by atoms with E-state index in [0.717, 1.165) is 6.42 Å². The predicted octanol–water partition coefficient (Wildman–Crippen LogP) is 4.86. The van der Waals surface area contributed by atoms with Crippen LogP contribution >= 0.6 is 0 Å². The molecule has 2 aromatic heterocycles. The number of nitrogens with one attached hydrogen (secondary N) is 2. The average Bonchev–Trinajstić information content (AvgIpc) is 3.00. The normalized spacial score (nSPS) is 11.5. The molecule has 0 spiro atoms. The second-order valence-corrected chi connectivity index (χ2v) is 5.95. The number of hydrogen-bond donors (Lipinski definition) is 2. The number of rotatable bonds is 2. The Hall–Kier alpha value is -2.48. The van der Waals surface area contributed by atoms with Gasteiger partial charge in [-0.3, -0.25) is 0 Å². The second-order valence-electron chi connectivity index (χ2n) is 5.95. The van der Waals surface area contributed by atoms with Gasteiger partial charge in [-0.2, -0.15) is 0 Å². The maximum Gasteiger partial charge on any atom is 0.0456 e. The highest BCUT2D eigenvalue weighted by Gasteiger charge is 2.05. The van der Waals surface area contributed by atoms with E-state index in [9.17, 15) is 0 Å². The van der Waals surface area contributed by atoms with Crippen LogP contribution in [0.5, 0.6) is 0 Å². The van der Waals surface area contributed by atoms with Gasteiger partial charge in [-0.15, -0.1) is 0 Å². The molecule has 2 aromatic carbocycles. The van der Waals surface area contributed by atoms with Gasteiger partial charge in [0.2, 0.25) is 0 Å². The van der Waals surface area contributed by atoms with Gasteiger partial charge in [-0.05, 0) is 61.0 Å².